The summed E-state index contributed by atoms with van der Waals surface area (Å²) in [6, 6.07) is 8.63. The zero-order chi connectivity index (χ0) is 9.68. The lowest BCUT2D eigenvalue weighted by Crippen LogP contribution is -1.84. The lowest BCUT2D eigenvalue weighted by Gasteiger charge is -1.92. The molecular weight excluding hydrogens is 158 g/mol. The van der Waals surface area contributed by atoms with Gasteiger partial charge in [0.2, 0.25) is 0 Å². The predicted octanol–water partition coefficient (Wildman–Crippen LogP) is 3.09. The van der Waals surface area contributed by atoms with E-state index in [1.807, 2.05) is 19.9 Å². The van der Waals surface area contributed by atoms with Crippen molar-refractivity contribution in [3.05, 3.63) is 35.4 Å². The Morgan fingerprint density at radius 2 is 1.85 bits per heavy atom. The lowest BCUT2D eigenvalue weighted by atomic mass is 10.1. The molecule has 0 saturated carbocycles. The van der Waals surface area contributed by atoms with Crippen LogP contribution in [0.4, 0.5) is 0 Å². The van der Waals surface area contributed by atoms with Gasteiger partial charge in [-0.1, -0.05) is 29.8 Å². The molecule has 1 heteroatoms. The third-order valence-electron chi connectivity index (χ3n) is 1.64. The molecule has 0 spiro atoms. The third-order valence-corrected chi connectivity index (χ3v) is 1.64. The average molecular weight is 173 g/mol. The zero-order valence-corrected chi connectivity index (χ0v) is 8.41. The van der Waals surface area contributed by atoms with Crippen LogP contribution in [0, 0.1) is 6.92 Å². The lowest BCUT2D eigenvalue weighted by molar-refractivity contribution is 0.843. The van der Waals surface area contributed by atoms with Crippen LogP contribution in [-0.2, 0) is 0 Å². The highest BCUT2D eigenvalue weighted by molar-refractivity contribution is 5.77. The SMILES string of the molecule is Cc1ccc(C=C=NC(C)C)cc1. The molecule has 1 nitrogen and oxygen atoms in total. The Kier molecular flexibility index (Phi) is 3.48. The van der Waals surface area contributed by atoms with Gasteiger partial charge in [0.05, 0.1) is 6.04 Å². The maximum atomic E-state index is 4.14. The number of aliphatic imine (C=N–C) groups is 1. The van der Waals surface area contributed by atoms with E-state index in [0.717, 1.165) is 5.56 Å². The molecule has 0 amide bonds. The van der Waals surface area contributed by atoms with E-state index in [0.29, 0.717) is 6.04 Å². The Bertz CT molecular complexity index is 313. The van der Waals surface area contributed by atoms with Crippen LogP contribution >= 0.6 is 0 Å². The molecule has 0 bridgehead atoms. The number of nitrogens with zero attached hydrogens (tertiary/aromatic N) is 1. The molecule has 0 aromatic heterocycles. The number of hydrogen-bond acceptors (Lipinski definition) is 1. The maximum Gasteiger partial charge on any atom is 0.0537 e. The summed E-state index contributed by atoms with van der Waals surface area (Å²) in [7, 11) is 0. The second-order valence-electron chi connectivity index (χ2n) is 3.41. The van der Waals surface area contributed by atoms with Crippen molar-refractivity contribution in [3.63, 3.8) is 0 Å². The fourth-order valence-electron chi connectivity index (χ4n) is 0.924. The summed E-state index contributed by atoms with van der Waals surface area (Å²) in [6.07, 6.45) is 1.90. The first-order valence-corrected chi connectivity index (χ1v) is 4.54. The van der Waals surface area contributed by atoms with Crippen LogP contribution < -0.4 is 0 Å². The van der Waals surface area contributed by atoms with Crippen LogP contribution in [0.5, 0.6) is 0 Å². The first-order valence-electron chi connectivity index (χ1n) is 4.54. The van der Waals surface area contributed by atoms with E-state index >= 15 is 0 Å². The van der Waals surface area contributed by atoms with Crippen molar-refractivity contribution in [2.24, 2.45) is 4.99 Å². The monoisotopic (exact) mass is 173 g/mol. The van der Waals surface area contributed by atoms with Crippen molar-refractivity contribution in [2.75, 3.05) is 0 Å². The molecule has 1 aromatic carbocycles. The van der Waals surface area contributed by atoms with Crippen molar-refractivity contribution >= 4 is 11.9 Å². The zero-order valence-electron chi connectivity index (χ0n) is 8.41. The molecule has 0 saturated heterocycles. The molecule has 1 rings (SSSR count). The summed E-state index contributed by atoms with van der Waals surface area (Å²) in [5, 5.41) is 0. The van der Waals surface area contributed by atoms with Crippen LogP contribution in [0.15, 0.2) is 29.3 Å². The predicted molar refractivity (Wildman–Crippen MR) is 58.2 cm³/mol. The Morgan fingerprint density at radius 3 is 2.38 bits per heavy atom. The van der Waals surface area contributed by atoms with Crippen molar-refractivity contribution in [1.82, 2.24) is 0 Å². The molecule has 0 aliphatic carbocycles. The number of rotatable bonds is 2. The van der Waals surface area contributed by atoms with Gasteiger partial charge in [0.15, 0.2) is 0 Å². The van der Waals surface area contributed by atoms with Gasteiger partial charge in [-0.25, -0.2) is 4.99 Å². The Morgan fingerprint density at radius 1 is 1.23 bits per heavy atom. The highest BCUT2D eigenvalue weighted by atomic mass is 14.7. The number of aryl methyl sites for hydroxylation is 1. The molecule has 0 heterocycles. The summed E-state index contributed by atoms with van der Waals surface area (Å²) in [5.41, 5.74) is 2.42. The highest BCUT2D eigenvalue weighted by Gasteiger charge is 1.85. The normalized spacial score (nSPS) is 9.54. The van der Waals surface area contributed by atoms with Gasteiger partial charge in [0, 0.05) is 6.08 Å². The van der Waals surface area contributed by atoms with Gasteiger partial charge in [-0.15, -0.1) is 0 Å². The minimum Gasteiger partial charge on any atom is -0.240 e. The Labute approximate surface area is 79.8 Å². The second kappa shape index (κ2) is 4.64. The molecule has 13 heavy (non-hydrogen) atoms. The van der Waals surface area contributed by atoms with Crippen LogP contribution in [0.1, 0.15) is 25.0 Å². The molecule has 0 N–H and O–H groups in total. The van der Waals surface area contributed by atoms with E-state index < -0.39 is 0 Å². The summed E-state index contributed by atoms with van der Waals surface area (Å²) in [5.74, 6) is 2.92. The highest BCUT2D eigenvalue weighted by Crippen LogP contribution is 2.03. The van der Waals surface area contributed by atoms with Gasteiger partial charge in [0.1, 0.15) is 0 Å². The van der Waals surface area contributed by atoms with Crippen LogP contribution in [-0.4, -0.2) is 11.9 Å². The summed E-state index contributed by atoms with van der Waals surface area (Å²) >= 11 is 0. The Balaban J connectivity index is 2.75. The Hall–Kier alpha value is -1.33. The average Bonchev–Trinajstić information content (AvgIpc) is 2.08. The van der Waals surface area contributed by atoms with E-state index in [4.69, 9.17) is 0 Å². The maximum absolute atomic E-state index is 4.14. The van der Waals surface area contributed by atoms with Gasteiger partial charge < -0.3 is 0 Å². The molecule has 0 atom stereocenters. The molecule has 0 radical (unpaired) electrons. The fourth-order valence-corrected chi connectivity index (χ4v) is 0.924. The van der Waals surface area contributed by atoms with Crippen molar-refractivity contribution < 1.29 is 0 Å². The first kappa shape index (κ1) is 9.76. The van der Waals surface area contributed by atoms with Crippen LogP contribution in [0.25, 0.3) is 6.08 Å². The van der Waals surface area contributed by atoms with Gasteiger partial charge in [-0.05, 0) is 32.2 Å². The molecule has 1 aromatic rings. The van der Waals surface area contributed by atoms with E-state index in [1.165, 1.54) is 5.56 Å². The molecule has 0 aliphatic rings. The van der Waals surface area contributed by atoms with E-state index in [9.17, 15) is 0 Å². The standard InChI is InChI=1S/C12H15N/c1-10(2)13-9-8-12-6-4-11(3)5-7-12/h4-8,10H,1-3H3. The topological polar surface area (TPSA) is 12.4 Å². The van der Waals surface area contributed by atoms with Crippen LogP contribution in [0.2, 0.25) is 0 Å². The fraction of sp³-hybridized carbons (Fsp3) is 0.333. The van der Waals surface area contributed by atoms with E-state index in [2.05, 4.69) is 42.1 Å². The van der Waals surface area contributed by atoms with Crippen molar-refractivity contribution in [3.8, 4) is 0 Å². The molecule has 0 fully saturated rings. The molecule has 68 valence electrons. The van der Waals surface area contributed by atoms with Crippen LogP contribution in [0.3, 0.4) is 0 Å². The molecular formula is C12H15N. The summed E-state index contributed by atoms with van der Waals surface area (Å²) in [6.45, 7) is 6.15. The van der Waals surface area contributed by atoms with Gasteiger partial charge in [-0.3, -0.25) is 0 Å². The van der Waals surface area contributed by atoms with E-state index in [1.54, 1.807) is 0 Å². The minimum atomic E-state index is 0.321. The largest absolute Gasteiger partial charge is 0.240 e. The number of benzene rings is 1. The van der Waals surface area contributed by atoms with Gasteiger partial charge in [0.25, 0.3) is 0 Å². The molecule has 0 unspecified atom stereocenters. The van der Waals surface area contributed by atoms with E-state index in [-0.39, 0.29) is 0 Å². The summed E-state index contributed by atoms with van der Waals surface area (Å²) < 4.78 is 0. The minimum absolute atomic E-state index is 0.321. The summed E-state index contributed by atoms with van der Waals surface area (Å²) in [4.78, 5) is 4.14. The van der Waals surface area contributed by atoms with Gasteiger partial charge in [-0.2, -0.15) is 0 Å². The van der Waals surface area contributed by atoms with Gasteiger partial charge >= 0.3 is 0 Å². The first-order chi connectivity index (χ1) is 6.18. The smallest absolute Gasteiger partial charge is 0.0537 e. The number of hydrogen-bond donors (Lipinski definition) is 0. The van der Waals surface area contributed by atoms with Crippen molar-refractivity contribution in [1.29, 1.82) is 0 Å². The quantitative estimate of drug-likeness (QED) is 0.609. The second-order valence-corrected chi connectivity index (χ2v) is 3.41. The molecule has 0 aliphatic heterocycles. The third kappa shape index (κ3) is 3.73. The van der Waals surface area contributed by atoms with Crippen molar-refractivity contribution in [2.45, 2.75) is 26.8 Å².